The van der Waals surface area contributed by atoms with Gasteiger partial charge in [-0.1, -0.05) is 6.07 Å². The number of amides is 1. The maximum absolute atomic E-state index is 12.8. The third kappa shape index (κ3) is 5.30. The van der Waals surface area contributed by atoms with E-state index in [1.807, 2.05) is 29.6 Å². The monoisotopic (exact) mass is 487 g/mol. The van der Waals surface area contributed by atoms with Crippen LogP contribution in [0.3, 0.4) is 0 Å². The molecular weight excluding hydrogens is 458 g/mol. The van der Waals surface area contributed by atoms with Crippen LogP contribution in [0.25, 0.3) is 10.2 Å². The van der Waals surface area contributed by atoms with Crippen LogP contribution in [0.2, 0.25) is 0 Å². The lowest BCUT2D eigenvalue weighted by Crippen LogP contribution is -2.35. The number of carbonyl (C=O) groups excluding carboxylic acids is 1. The second-order valence-electron chi connectivity index (χ2n) is 8.46. The van der Waals surface area contributed by atoms with Crippen LogP contribution >= 0.6 is 23.6 Å². The van der Waals surface area contributed by atoms with Gasteiger partial charge in [0.2, 0.25) is 5.91 Å². The van der Waals surface area contributed by atoms with Crippen LogP contribution in [-0.2, 0) is 17.8 Å². The highest BCUT2D eigenvalue weighted by molar-refractivity contribution is 7.71. The number of nitrogens with zero attached hydrogens (tertiary/aromatic N) is 1. The number of aromatic nitrogens is 2. The maximum atomic E-state index is 12.8. The number of thiophene rings is 1. The summed E-state index contributed by atoms with van der Waals surface area (Å²) in [5.74, 6) is 1.88. The summed E-state index contributed by atoms with van der Waals surface area (Å²) >= 11 is 6.85. The standard InChI is InChI=1S/C24H29N3O4S2/c1-30-19-8-5-15(13-20(19)31-2)9-11-25-22(28)17-6-3-16(4-7-17)14-27-23(29)21-18(10-12-33-21)26-24(27)32/h5,8,10,12-13,16-17H,3-4,6-7,9,11,14H2,1-2H3,(H,25,28)(H,26,32). The molecule has 1 saturated carbocycles. The smallest absolute Gasteiger partial charge is 0.272 e. The molecule has 0 aliphatic heterocycles. The van der Waals surface area contributed by atoms with Gasteiger partial charge in [-0.15, -0.1) is 11.3 Å². The Balaban J connectivity index is 1.26. The van der Waals surface area contributed by atoms with E-state index >= 15 is 0 Å². The number of hydrogen-bond donors (Lipinski definition) is 2. The molecule has 0 spiro atoms. The molecule has 9 heteroatoms. The highest BCUT2D eigenvalue weighted by atomic mass is 32.1. The van der Waals surface area contributed by atoms with Crippen LogP contribution in [0.15, 0.2) is 34.4 Å². The van der Waals surface area contributed by atoms with Gasteiger partial charge in [0.05, 0.1) is 19.7 Å². The zero-order valence-corrected chi connectivity index (χ0v) is 20.5. The van der Waals surface area contributed by atoms with Crippen molar-refractivity contribution in [3.05, 3.63) is 50.3 Å². The number of aromatic amines is 1. The molecule has 2 aromatic heterocycles. The fourth-order valence-corrected chi connectivity index (χ4v) is 5.58. The summed E-state index contributed by atoms with van der Waals surface area (Å²) in [5, 5.41) is 4.98. The number of carbonyl (C=O) groups is 1. The molecule has 0 saturated heterocycles. The van der Waals surface area contributed by atoms with Gasteiger partial charge in [-0.05, 0) is 79.4 Å². The topological polar surface area (TPSA) is 85.4 Å². The van der Waals surface area contributed by atoms with Gasteiger partial charge in [0.25, 0.3) is 5.56 Å². The lowest BCUT2D eigenvalue weighted by Gasteiger charge is -2.28. The number of fused-ring (bicyclic) bond motifs is 1. The molecule has 1 fully saturated rings. The second-order valence-corrected chi connectivity index (χ2v) is 9.76. The van der Waals surface area contributed by atoms with E-state index in [9.17, 15) is 9.59 Å². The summed E-state index contributed by atoms with van der Waals surface area (Å²) < 4.78 is 13.5. The third-order valence-corrected chi connectivity index (χ3v) is 7.64. The molecule has 33 heavy (non-hydrogen) atoms. The first kappa shape index (κ1) is 23.5. The lowest BCUT2D eigenvalue weighted by atomic mass is 9.81. The molecule has 1 aromatic carbocycles. The Bertz CT molecular complexity index is 1240. The first-order chi connectivity index (χ1) is 16.0. The molecule has 1 amide bonds. The van der Waals surface area contributed by atoms with Gasteiger partial charge in [0, 0.05) is 19.0 Å². The summed E-state index contributed by atoms with van der Waals surface area (Å²) in [6.07, 6.45) is 4.22. The highest BCUT2D eigenvalue weighted by Crippen LogP contribution is 2.30. The maximum Gasteiger partial charge on any atom is 0.272 e. The van der Waals surface area contributed by atoms with Crippen molar-refractivity contribution >= 4 is 39.7 Å². The minimum absolute atomic E-state index is 0.0150. The minimum atomic E-state index is -0.0150. The Labute approximate surface area is 201 Å². The molecule has 4 rings (SSSR count). The van der Waals surface area contributed by atoms with Crippen molar-refractivity contribution < 1.29 is 14.3 Å². The Morgan fingerprint density at radius 1 is 1.18 bits per heavy atom. The van der Waals surface area contributed by atoms with E-state index in [-0.39, 0.29) is 17.4 Å². The summed E-state index contributed by atoms with van der Waals surface area (Å²) in [6.45, 7) is 1.19. The number of methoxy groups -OCH3 is 2. The van der Waals surface area contributed by atoms with Crippen molar-refractivity contribution in [2.24, 2.45) is 11.8 Å². The van der Waals surface area contributed by atoms with Gasteiger partial charge in [-0.3, -0.25) is 14.2 Å². The average Bonchev–Trinajstić information content (AvgIpc) is 3.30. The van der Waals surface area contributed by atoms with Crippen molar-refractivity contribution in [1.82, 2.24) is 14.9 Å². The minimum Gasteiger partial charge on any atom is -0.493 e. The Morgan fingerprint density at radius 2 is 1.94 bits per heavy atom. The Hall–Kier alpha value is -2.65. The van der Waals surface area contributed by atoms with Crippen molar-refractivity contribution in [2.75, 3.05) is 20.8 Å². The van der Waals surface area contributed by atoms with Crippen LogP contribution in [-0.4, -0.2) is 36.2 Å². The zero-order chi connectivity index (χ0) is 23.4. The fraction of sp³-hybridized carbons (Fsp3) is 0.458. The number of nitrogens with one attached hydrogen (secondary N) is 2. The predicted molar refractivity (Wildman–Crippen MR) is 133 cm³/mol. The van der Waals surface area contributed by atoms with Crippen LogP contribution in [0, 0.1) is 16.6 Å². The van der Waals surface area contributed by atoms with Gasteiger partial charge < -0.3 is 19.8 Å². The van der Waals surface area contributed by atoms with Crippen molar-refractivity contribution in [1.29, 1.82) is 0 Å². The molecule has 176 valence electrons. The molecule has 0 unspecified atom stereocenters. The predicted octanol–water partition coefficient (Wildman–Crippen LogP) is 4.30. The van der Waals surface area contributed by atoms with Crippen LogP contribution in [0.5, 0.6) is 11.5 Å². The molecule has 1 aliphatic carbocycles. The van der Waals surface area contributed by atoms with Gasteiger partial charge in [0.15, 0.2) is 16.3 Å². The molecule has 0 radical (unpaired) electrons. The van der Waals surface area contributed by atoms with Gasteiger partial charge >= 0.3 is 0 Å². The SMILES string of the molecule is COc1ccc(CCNC(=O)C2CCC(Cn3c(=S)[nH]c4ccsc4c3=O)CC2)cc1OC. The van der Waals surface area contributed by atoms with Crippen LogP contribution in [0.1, 0.15) is 31.2 Å². The molecule has 0 atom stereocenters. The van der Waals surface area contributed by atoms with Gasteiger partial charge in [-0.25, -0.2) is 0 Å². The number of benzene rings is 1. The van der Waals surface area contributed by atoms with Gasteiger partial charge in [-0.2, -0.15) is 0 Å². The fourth-order valence-electron chi connectivity index (χ4n) is 4.51. The van der Waals surface area contributed by atoms with E-state index in [1.54, 1.807) is 18.8 Å². The van der Waals surface area contributed by atoms with E-state index in [1.165, 1.54) is 11.3 Å². The number of ether oxygens (including phenoxy) is 2. The highest BCUT2D eigenvalue weighted by Gasteiger charge is 2.27. The van der Waals surface area contributed by atoms with Crippen LogP contribution in [0.4, 0.5) is 0 Å². The first-order valence-electron chi connectivity index (χ1n) is 11.2. The average molecular weight is 488 g/mol. The van der Waals surface area contributed by atoms with Crippen LogP contribution < -0.4 is 20.3 Å². The van der Waals surface area contributed by atoms with E-state index < -0.39 is 0 Å². The number of hydrogen-bond acceptors (Lipinski definition) is 6. The third-order valence-electron chi connectivity index (χ3n) is 6.41. The molecule has 7 nitrogen and oxygen atoms in total. The largest absolute Gasteiger partial charge is 0.493 e. The van der Waals surface area contributed by atoms with E-state index in [0.717, 1.165) is 43.2 Å². The number of rotatable bonds is 8. The van der Waals surface area contributed by atoms with Gasteiger partial charge in [0.1, 0.15) is 4.70 Å². The first-order valence-corrected chi connectivity index (χ1v) is 12.5. The van der Waals surface area contributed by atoms with E-state index in [2.05, 4.69) is 10.3 Å². The molecule has 2 N–H and O–H groups in total. The zero-order valence-electron chi connectivity index (χ0n) is 18.9. The molecule has 0 bridgehead atoms. The lowest BCUT2D eigenvalue weighted by molar-refractivity contribution is -0.126. The summed E-state index contributed by atoms with van der Waals surface area (Å²) in [5.41, 5.74) is 1.87. The van der Waals surface area contributed by atoms with E-state index in [0.29, 0.717) is 40.0 Å². The summed E-state index contributed by atoms with van der Waals surface area (Å²) in [7, 11) is 3.23. The Morgan fingerprint density at radius 3 is 2.67 bits per heavy atom. The number of H-pyrrole nitrogens is 1. The Kier molecular flexibility index (Phi) is 7.49. The second kappa shape index (κ2) is 10.5. The molecular formula is C24H29N3O4S2. The molecule has 2 heterocycles. The quantitative estimate of drug-likeness (QED) is 0.463. The van der Waals surface area contributed by atoms with E-state index in [4.69, 9.17) is 21.7 Å². The van der Waals surface area contributed by atoms with Crippen molar-refractivity contribution in [3.63, 3.8) is 0 Å². The summed E-state index contributed by atoms with van der Waals surface area (Å²) in [4.78, 5) is 28.6. The van der Waals surface area contributed by atoms with Crippen molar-refractivity contribution in [2.45, 2.75) is 38.6 Å². The molecule has 1 aliphatic rings. The molecule has 3 aromatic rings. The normalized spacial score (nSPS) is 18.2. The van der Waals surface area contributed by atoms with Crippen molar-refractivity contribution in [3.8, 4) is 11.5 Å². The summed E-state index contributed by atoms with van der Waals surface area (Å²) in [6, 6.07) is 7.69.